The first-order valence-electron chi connectivity index (χ1n) is 6.17. The number of hydrogen-bond donors (Lipinski definition) is 0. The van der Waals surface area contributed by atoms with Crippen molar-refractivity contribution in [3.05, 3.63) is 42.1 Å². The summed E-state index contributed by atoms with van der Waals surface area (Å²) in [5, 5.41) is 0. The highest BCUT2D eigenvalue weighted by Gasteiger charge is 2.22. The summed E-state index contributed by atoms with van der Waals surface area (Å²) >= 11 is 0. The number of pyridine rings is 1. The van der Waals surface area contributed by atoms with Gasteiger partial charge in [-0.25, -0.2) is 9.78 Å². The van der Waals surface area contributed by atoms with Crippen molar-refractivity contribution in [3.63, 3.8) is 0 Å². The molecule has 0 amide bonds. The Morgan fingerprint density at radius 3 is 3.00 bits per heavy atom. The molecule has 5 nitrogen and oxygen atoms in total. The largest absolute Gasteiger partial charge is 0.481 e. The maximum Gasteiger partial charge on any atom is 0.238 e. The van der Waals surface area contributed by atoms with E-state index in [2.05, 4.69) is 9.98 Å². The van der Waals surface area contributed by atoms with Gasteiger partial charge in [0.05, 0.1) is 7.11 Å². The van der Waals surface area contributed by atoms with E-state index in [0.29, 0.717) is 12.3 Å². The van der Waals surface area contributed by atoms with E-state index in [1.165, 1.54) is 6.08 Å². The van der Waals surface area contributed by atoms with Gasteiger partial charge < -0.3 is 9.47 Å². The van der Waals surface area contributed by atoms with Crippen LogP contribution >= 0.6 is 0 Å². The van der Waals surface area contributed by atoms with E-state index < -0.39 is 6.23 Å². The molecule has 1 aliphatic heterocycles. The van der Waals surface area contributed by atoms with Gasteiger partial charge in [-0.2, -0.15) is 4.99 Å². The van der Waals surface area contributed by atoms with Gasteiger partial charge in [-0.15, -0.1) is 0 Å². The highest BCUT2D eigenvalue weighted by atomic mass is 16.5. The van der Waals surface area contributed by atoms with Crippen molar-refractivity contribution in [2.45, 2.75) is 12.6 Å². The summed E-state index contributed by atoms with van der Waals surface area (Å²) in [7, 11) is 1.59. The van der Waals surface area contributed by atoms with E-state index in [1.54, 1.807) is 13.3 Å². The predicted molar refractivity (Wildman–Crippen MR) is 72.5 cm³/mol. The first kappa shape index (κ1) is 12.4. The summed E-state index contributed by atoms with van der Waals surface area (Å²) in [6.07, 6.45) is 3.37. The Morgan fingerprint density at radius 1 is 1.35 bits per heavy atom. The molecule has 0 aliphatic carbocycles. The molecule has 20 heavy (non-hydrogen) atoms. The zero-order valence-electron chi connectivity index (χ0n) is 10.9. The van der Waals surface area contributed by atoms with Crippen LogP contribution in [0.5, 0.6) is 11.6 Å². The molecule has 3 rings (SSSR count). The number of fused-ring (bicyclic) bond motifs is 1. The predicted octanol–water partition coefficient (Wildman–Crippen LogP) is 2.35. The van der Waals surface area contributed by atoms with E-state index in [0.717, 1.165) is 22.4 Å². The van der Waals surface area contributed by atoms with Gasteiger partial charge in [0.2, 0.25) is 18.2 Å². The zero-order valence-corrected chi connectivity index (χ0v) is 10.9. The topological polar surface area (TPSA) is 60.8 Å². The number of rotatable bonds is 3. The Labute approximate surface area is 115 Å². The van der Waals surface area contributed by atoms with Crippen molar-refractivity contribution in [1.29, 1.82) is 0 Å². The van der Waals surface area contributed by atoms with Crippen LogP contribution in [0.2, 0.25) is 0 Å². The molecule has 0 radical (unpaired) electrons. The summed E-state index contributed by atoms with van der Waals surface area (Å²) in [5.41, 5.74) is 3.09. The van der Waals surface area contributed by atoms with Gasteiger partial charge in [-0.1, -0.05) is 6.07 Å². The van der Waals surface area contributed by atoms with Crippen LogP contribution in [-0.2, 0) is 11.2 Å². The Kier molecular flexibility index (Phi) is 3.19. The Bertz CT molecular complexity index is 693. The number of aliphatic imine (C=N–C) groups is 1. The molecular weight excluding hydrogens is 256 g/mol. The van der Waals surface area contributed by atoms with Crippen LogP contribution in [0, 0.1) is 0 Å². The average molecular weight is 268 g/mol. The molecule has 0 fully saturated rings. The van der Waals surface area contributed by atoms with Crippen molar-refractivity contribution in [2.75, 3.05) is 7.11 Å². The minimum Gasteiger partial charge on any atom is -0.481 e. The molecule has 0 spiro atoms. The lowest BCUT2D eigenvalue weighted by Gasteiger charge is -2.05. The Hall–Kier alpha value is -2.65. The fraction of sp³-hybridized carbons (Fsp3) is 0.200. The second kappa shape index (κ2) is 5.15. The van der Waals surface area contributed by atoms with E-state index in [-0.39, 0.29) is 0 Å². The molecule has 0 saturated carbocycles. The van der Waals surface area contributed by atoms with Crippen molar-refractivity contribution >= 4 is 6.08 Å². The minimum atomic E-state index is -0.454. The van der Waals surface area contributed by atoms with Gasteiger partial charge in [-0.05, 0) is 29.3 Å². The molecule has 2 heterocycles. The molecule has 0 saturated heterocycles. The van der Waals surface area contributed by atoms with Crippen LogP contribution in [0.3, 0.4) is 0 Å². The fourth-order valence-corrected chi connectivity index (χ4v) is 2.24. The molecule has 1 aromatic carbocycles. The van der Waals surface area contributed by atoms with Gasteiger partial charge in [0.25, 0.3) is 0 Å². The standard InChI is InChI=1S/C15H12N2O3/c1-19-14-7-11(4-5-16-14)10-2-3-13-12(6-10)8-15(20-13)17-9-18/h2-7,15H,8H2,1H3. The third-order valence-electron chi connectivity index (χ3n) is 3.19. The van der Waals surface area contributed by atoms with Gasteiger partial charge in [-0.3, -0.25) is 0 Å². The highest BCUT2D eigenvalue weighted by molar-refractivity contribution is 5.66. The lowest BCUT2D eigenvalue weighted by Crippen LogP contribution is -2.08. The second-order valence-corrected chi connectivity index (χ2v) is 4.41. The molecule has 0 N–H and O–H groups in total. The third kappa shape index (κ3) is 2.27. The lowest BCUT2D eigenvalue weighted by molar-refractivity contribution is 0.243. The van der Waals surface area contributed by atoms with Gasteiger partial charge in [0, 0.05) is 24.2 Å². The first-order valence-corrected chi connectivity index (χ1v) is 6.17. The number of ether oxygens (including phenoxy) is 2. The molecule has 1 atom stereocenters. The van der Waals surface area contributed by atoms with E-state index >= 15 is 0 Å². The highest BCUT2D eigenvalue weighted by Crippen LogP contribution is 2.33. The number of benzene rings is 1. The van der Waals surface area contributed by atoms with Crippen LogP contribution in [0.25, 0.3) is 11.1 Å². The summed E-state index contributed by atoms with van der Waals surface area (Å²) in [6, 6.07) is 9.67. The van der Waals surface area contributed by atoms with Crippen molar-refractivity contribution in [3.8, 4) is 22.8 Å². The lowest BCUT2D eigenvalue weighted by atomic mass is 10.0. The summed E-state index contributed by atoms with van der Waals surface area (Å²) in [5.74, 6) is 1.33. The SMILES string of the molecule is COc1cc(-c2ccc3c(c2)CC(N=C=O)O3)ccn1. The molecule has 5 heteroatoms. The van der Waals surface area contributed by atoms with Crippen LogP contribution in [0.15, 0.2) is 41.5 Å². The first-order chi connectivity index (χ1) is 9.80. The summed E-state index contributed by atoms with van der Waals surface area (Å²) in [4.78, 5) is 18.0. The summed E-state index contributed by atoms with van der Waals surface area (Å²) in [6.45, 7) is 0. The Balaban J connectivity index is 1.94. The molecule has 1 aromatic heterocycles. The number of methoxy groups -OCH3 is 1. The number of nitrogens with zero attached hydrogens (tertiary/aromatic N) is 2. The van der Waals surface area contributed by atoms with Crippen LogP contribution in [0.4, 0.5) is 0 Å². The number of aromatic nitrogens is 1. The van der Waals surface area contributed by atoms with Crippen molar-refractivity contribution < 1.29 is 14.3 Å². The minimum absolute atomic E-state index is 0.454. The Morgan fingerprint density at radius 2 is 2.20 bits per heavy atom. The second-order valence-electron chi connectivity index (χ2n) is 4.41. The van der Waals surface area contributed by atoms with E-state index in [4.69, 9.17) is 9.47 Å². The van der Waals surface area contributed by atoms with Crippen molar-refractivity contribution in [1.82, 2.24) is 4.98 Å². The molecule has 0 bridgehead atoms. The van der Waals surface area contributed by atoms with Crippen LogP contribution in [0.1, 0.15) is 5.56 Å². The van der Waals surface area contributed by atoms with Gasteiger partial charge in [0.15, 0.2) is 0 Å². The number of isocyanates is 1. The molecule has 1 aliphatic rings. The number of hydrogen-bond acceptors (Lipinski definition) is 5. The van der Waals surface area contributed by atoms with Crippen molar-refractivity contribution in [2.24, 2.45) is 4.99 Å². The smallest absolute Gasteiger partial charge is 0.238 e. The number of carbonyl (C=O) groups excluding carboxylic acids is 1. The molecule has 100 valence electrons. The summed E-state index contributed by atoms with van der Waals surface area (Å²) < 4.78 is 10.6. The molecule has 2 aromatic rings. The quantitative estimate of drug-likeness (QED) is 0.633. The maximum atomic E-state index is 10.3. The fourth-order valence-electron chi connectivity index (χ4n) is 2.24. The maximum absolute atomic E-state index is 10.3. The van der Waals surface area contributed by atoms with Gasteiger partial charge in [0.1, 0.15) is 5.75 Å². The monoisotopic (exact) mass is 268 g/mol. The van der Waals surface area contributed by atoms with Gasteiger partial charge >= 0.3 is 0 Å². The molecule has 1 unspecified atom stereocenters. The zero-order chi connectivity index (χ0) is 13.9. The molecular formula is C15H12N2O3. The van der Waals surface area contributed by atoms with Crippen LogP contribution < -0.4 is 9.47 Å². The van der Waals surface area contributed by atoms with Crippen LogP contribution in [-0.4, -0.2) is 24.4 Å². The van der Waals surface area contributed by atoms with E-state index in [1.807, 2.05) is 30.3 Å². The average Bonchev–Trinajstić information content (AvgIpc) is 2.89. The third-order valence-corrected chi connectivity index (χ3v) is 3.19. The van der Waals surface area contributed by atoms with E-state index in [9.17, 15) is 4.79 Å². The normalized spacial score (nSPS) is 15.9.